The summed E-state index contributed by atoms with van der Waals surface area (Å²) in [6.07, 6.45) is 8.33. The summed E-state index contributed by atoms with van der Waals surface area (Å²) >= 11 is 0. The summed E-state index contributed by atoms with van der Waals surface area (Å²) in [6.45, 7) is 1.78. The molecule has 0 bridgehead atoms. The molecule has 3 aliphatic rings. The lowest BCUT2D eigenvalue weighted by Crippen LogP contribution is -2.66. The van der Waals surface area contributed by atoms with E-state index in [4.69, 9.17) is 4.74 Å². The van der Waals surface area contributed by atoms with Crippen LogP contribution in [0.25, 0.3) is 22.3 Å². The molecule has 1 saturated carbocycles. The second kappa shape index (κ2) is 15.4. The number of rotatable bonds is 9. The third kappa shape index (κ3) is 7.49. The van der Waals surface area contributed by atoms with E-state index >= 15 is 0 Å². The maximum atomic E-state index is 14.6. The van der Waals surface area contributed by atoms with Gasteiger partial charge in [-0.3, -0.25) is 23.7 Å². The van der Waals surface area contributed by atoms with E-state index < -0.39 is 34.7 Å². The zero-order chi connectivity index (χ0) is 38.9. The molecule has 2 amide bonds. The number of pyridine rings is 1. The van der Waals surface area contributed by atoms with E-state index in [9.17, 15) is 37.2 Å². The Hall–Kier alpha value is -5.44. The topological polar surface area (TPSA) is 155 Å². The highest BCUT2D eigenvalue weighted by molar-refractivity contribution is 5.96. The fourth-order valence-electron chi connectivity index (χ4n) is 7.92. The van der Waals surface area contributed by atoms with E-state index in [1.165, 1.54) is 20.7 Å². The van der Waals surface area contributed by atoms with E-state index in [1.807, 2.05) is 6.20 Å². The quantitative estimate of drug-likeness (QED) is 0.166. The Morgan fingerprint density at radius 3 is 2.51 bits per heavy atom. The molecule has 0 unspecified atom stereocenters. The molecule has 0 spiro atoms. The van der Waals surface area contributed by atoms with Crippen LogP contribution < -0.4 is 0 Å². The van der Waals surface area contributed by atoms with Gasteiger partial charge in [-0.2, -0.15) is 23.5 Å². The lowest BCUT2D eigenvalue weighted by Gasteiger charge is -2.53. The Morgan fingerprint density at radius 1 is 1.05 bits per heavy atom. The van der Waals surface area contributed by atoms with Gasteiger partial charge in [-0.25, -0.2) is 24.1 Å². The smallest absolute Gasteiger partial charge is 0.436 e. The molecule has 3 fully saturated rings. The van der Waals surface area contributed by atoms with Crippen molar-refractivity contribution < 1.29 is 36.7 Å². The molecular formula is C37H40F4N10O4. The molecule has 2 saturated heterocycles. The summed E-state index contributed by atoms with van der Waals surface area (Å²) < 4.78 is 62.8. The van der Waals surface area contributed by atoms with E-state index in [2.05, 4.69) is 31.0 Å². The predicted octanol–water partition coefficient (Wildman–Crippen LogP) is 5.10. The largest absolute Gasteiger partial charge is 0.464 e. The van der Waals surface area contributed by atoms with Gasteiger partial charge < -0.3 is 14.5 Å². The number of hydrogen-bond donors (Lipinski definition) is 0. The molecule has 1 aliphatic carbocycles. The minimum atomic E-state index is -5.02. The Morgan fingerprint density at radius 2 is 1.80 bits per heavy atom. The van der Waals surface area contributed by atoms with Crippen molar-refractivity contribution in [2.75, 3.05) is 46.4 Å². The lowest BCUT2D eigenvalue weighted by molar-refractivity contribution is -0.150. The molecule has 7 rings (SSSR count). The molecule has 6 heterocycles. The highest BCUT2D eigenvalue weighted by Gasteiger charge is 2.48. The van der Waals surface area contributed by atoms with Crippen LogP contribution in [0.1, 0.15) is 67.4 Å². The fourth-order valence-corrected chi connectivity index (χ4v) is 7.92. The third-order valence-electron chi connectivity index (χ3n) is 11.0. The summed E-state index contributed by atoms with van der Waals surface area (Å²) in [5.74, 6) is -2.76. The zero-order valence-corrected chi connectivity index (χ0v) is 30.2. The number of halogens is 4. The first-order valence-electron chi connectivity index (χ1n) is 18.3. The van der Waals surface area contributed by atoms with Crippen LogP contribution in [0.15, 0.2) is 43.2 Å². The second-order valence-electron chi connectivity index (χ2n) is 14.5. The van der Waals surface area contributed by atoms with Gasteiger partial charge in [0.2, 0.25) is 0 Å². The summed E-state index contributed by atoms with van der Waals surface area (Å²) in [6, 6.07) is 4.69. The van der Waals surface area contributed by atoms with Crippen LogP contribution in [-0.2, 0) is 21.2 Å². The van der Waals surface area contributed by atoms with E-state index in [1.54, 1.807) is 30.2 Å². The SMILES string of the molecule is CN(CCOC(=O)C1CCCCC1)C(=O)n1ccc2c(-c3cnn(C4(CC#N)CN(C5CCN(C(=O)c6ccnc(C(F)(F)F)c6F)CC5)C4)c3)ncnc21. The van der Waals surface area contributed by atoms with Crippen LogP contribution in [-0.4, -0.2) is 114 Å². The molecule has 0 atom stereocenters. The monoisotopic (exact) mass is 764 g/mol. The van der Waals surface area contributed by atoms with Crippen molar-refractivity contribution in [2.45, 2.75) is 69.1 Å². The maximum Gasteiger partial charge on any atom is 0.436 e. The van der Waals surface area contributed by atoms with Gasteiger partial charge in [0.1, 0.15) is 18.5 Å². The van der Waals surface area contributed by atoms with Crippen molar-refractivity contribution >= 4 is 28.9 Å². The Kier molecular flexibility index (Phi) is 10.6. The highest BCUT2D eigenvalue weighted by Crippen LogP contribution is 2.38. The maximum absolute atomic E-state index is 14.6. The number of likely N-dealkylation sites (N-methyl/N-ethyl adjacent to an activating group) is 1. The molecule has 55 heavy (non-hydrogen) atoms. The van der Waals surface area contributed by atoms with Gasteiger partial charge in [-0.05, 0) is 37.8 Å². The highest BCUT2D eigenvalue weighted by atomic mass is 19.4. The minimum Gasteiger partial charge on any atom is -0.464 e. The molecule has 14 nitrogen and oxygen atoms in total. The van der Waals surface area contributed by atoms with Gasteiger partial charge in [0, 0.05) is 68.8 Å². The Bertz CT molecular complexity index is 2110. The van der Waals surface area contributed by atoms with Crippen molar-refractivity contribution in [3.8, 4) is 17.3 Å². The van der Waals surface area contributed by atoms with Crippen molar-refractivity contribution in [3.05, 3.63) is 60.3 Å². The number of amides is 2. The van der Waals surface area contributed by atoms with E-state index in [0.717, 1.165) is 44.4 Å². The molecule has 18 heteroatoms. The van der Waals surface area contributed by atoms with Crippen LogP contribution in [0.5, 0.6) is 0 Å². The lowest BCUT2D eigenvalue weighted by atomic mass is 9.83. The van der Waals surface area contributed by atoms with Gasteiger partial charge in [-0.1, -0.05) is 19.3 Å². The predicted molar refractivity (Wildman–Crippen MR) is 188 cm³/mol. The number of alkyl halides is 3. The number of carbonyl (C=O) groups excluding carboxylic acids is 3. The van der Waals surface area contributed by atoms with Crippen molar-refractivity contribution in [1.82, 2.24) is 44.0 Å². The van der Waals surface area contributed by atoms with Crippen LogP contribution in [0.4, 0.5) is 22.4 Å². The first kappa shape index (κ1) is 37.9. The van der Waals surface area contributed by atoms with Crippen molar-refractivity contribution in [3.63, 3.8) is 0 Å². The number of carbonyl (C=O) groups is 3. The average Bonchev–Trinajstić information content (AvgIpc) is 3.84. The number of hydrogen-bond acceptors (Lipinski definition) is 10. The summed E-state index contributed by atoms with van der Waals surface area (Å²) in [7, 11) is 1.63. The second-order valence-corrected chi connectivity index (χ2v) is 14.5. The summed E-state index contributed by atoms with van der Waals surface area (Å²) in [5, 5.41) is 15.0. The van der Waals surface area contributed by atoms with Gasteiger partial charge in [0.25, 0.3) is 5.91 Å². The number of nitriles is 1. The minimum absolute atomic E-state index is 0.0415. The molecule has 290 valence electrons. The first-order valence-corrected chi connectivity index (χ1v) is 18.3. The number of esters is 1. The number of ether oxygens (including phenoxy) is 1. The van der Waals surface area contributed by atoms with E-state index in [-0.39, 0.29) is 56.6 Å². The Labute approximate surface area is 313 Å². The van der Waals surface area contributed by atoms with Gasteiger partial charge in [0.15, 0.2) is 17.2 Å². The molecule has 0 aromatic carbocycles. The average molecular weight is 765 g/mol. The fraction of sp³-hybridized carbons (Fsp3) is 0.514. The van der Waals surface area contributed by atoms with Crippen molar-refractivity contribution in [1.29, 1.82) is 5.26 Å². The standard InChI is InChI=1S/C37H40F4N10O4/c1-47(17-18-55-34(53)24-5-3-2-4-6-24)35(54)50-16-10-28-30(44-23-45-32(28)50)25-19-46-51(20-25)36(11-12-42)21-49(22-36)26-8-14-48(15-9-26)33(52)27-7-13-43-31(29(27)38)37(39,40)41/h7,10,13,16,19-20,23-24,26H,2-6,8-9,11,14-15,17-18,21-22H2,1H3. The van der Waals surface area contributed by atoms with Crippen LogP contribution in [0.2, 0.25) is 0 Å². The molecule has 4 aromatic heterocycles. The normalized spacial score (nSPS) is 18.1. The third-order valence-corrected chi connectivity index (χ3v) is 11.0. The van der Waals surface area contributed by atoms with Crippen LogP contribution >= 0.6 is 0 Å². The number of aromatic nitrogens is 6. The number of piperidine rings is 1. The molecular weight excluding hydrogens is 724 g/mol. The molecule has 0 N–H and O–H groups in total. The van der Waals surface area contributed by atoms with Crippen molar-refractivity contribution in [2.24, 2.45) is 5.92 Å². The van der Waals surface area contributed by atoms with Gasteiger partial charge in [-0.15, -0.1) is 0 Å². The summed E-state index contributed by atoms with van der Waals surface area (Å²) in [5.41, 5.74) is -1.39. The van der Waals surface area contributed by atoms with E-state index in [0.29, 0.717) is 48.2 Å². The molecule has 2 aliphatic heterocycles. The zero-order valence-electron chi connectivity index (χ0n) is 30.2. The first-order chi connectivity index (χ1) is 26.4. The van der Waals surface area contributed by atoms with Crippen LogP contribution in [0, 0.1) is 23.1 Å². The van der Waals surface area contributed by atoms with Gasteiger partial charge in [0.05, 0.1) is 42.4 Å². The number of nitrogens with zero attached hydrogens (tertiary/aromatic N) is 10. The molecule has 0 radical (unpaired) electrons. The van der Waals surface area contributed by atoms with Crippen LogP contribution in [0.3, 0.4) is 0 Å². The van der Waals surface area contributed by atoms with Gasteiger partial charge >= 0.3 is 18.2 Å². The Balaban J connectivity index is 0.975. The molecule has 4 aromatic rings. The summed E-state index contributed by atoms with van der Waals surface area (Å²) in [4.78, 5) is 55.8. The number of fused-ring (bicyclic) bond motifs is 1. The number of likely N-dealkylation sites (tertiary alicyclic amines) is 2.